The molecule has 1 amide bonds. The molecule has 0 aliphatic carbocycles. The molecule has 0 aromatic heterocycles. The third-order valence-electron chi connectivity index (χ3n) is 3.17. The van der Waals surface area contributed by atoms with Crippen LogP contribution < -0.4 is 4.90 Å². The van der Waals surface area contributed by atoms with Crippen LogP contribution in [-0.4, -0.2) is 23.5 Å². The molecule has 1 heterocycles. The predicted molar refractivity (Wildman–Crippen MR) is 68.6 cm³/mol. The molecular weight excluding hydrogens is 230 g/mol. The van der Waals surface area contributed by atoms with Crippen LogP contribution in [0.3, 0.4) is 0 Å². The van der Waals surface area contributed by atoms with Crippen molar-refractivity contribution in [1.82, 2.24) is 0 Å². The molecule has 0 unspecified atom stereocenters. The number of hydrogen-bond donors (Lipinski definition) is 1. The Balaban J connectivity index is 2.10. The summed E-state index contributed by atoms with van der Waals surface area (Å²) in [7, 11) is 0. The van der Waals surface area contributed by atoms with Crippen molar-refractivity contribution in [2.24, 2.45) is 0 Å². The van der Waals surface area contributed by atoms with Gasteiger partial charge in [-0.25, -0.2) is 0 Å². The number of benzene rings is 1. The van der Waals surface area contributed by atoms with Crippen molar-refractivity contribution in [3.63, 3.8) is 0 Å². The molecule has 1 aliphatic rings. The highest BCUT2D eigenvalue weighted by Crippen LogP contribution is 2.22. The van der Waals surface area contributed by atoms with Gasteiger partial charge in [0.05, 0.1) is 0 Å². The zero-order valence-corrected chi connectivity index (χ0v) is 10.3. The van der Waals surface area contributed by atoms with E-state index >= 15 is 0 Å². The molecule has 0 bridgehead atoms. The first-order valence-corrected chi connectivity index (χ1v) is 6.28. The molecule has 1 fully saturated rings. The largest absolute Gasteiger partial charge is 0.481 e. The quantitative estimate of drug-likeness (QED) is 0.887. The molecule has 1 N–H and O–H groups in total. The number of hydrogen-bond acceptors (Lipinski definition) is 2. The summed E-state index contributed by atoms with van der Waals surface area (Å²) in [4.78, 5) is 24.2. The smallest absolute Gasteiger partial charge is 0.303 e. The molecule has 1 aromatic carbocycles. The van der Waals surface area contributed by atoms with Crippen LogP contribution in [0.5, 0.6) is 0 Å². The Morgan fingerprint density at radius 3 is 2.89 bits per heavy atom. The van der Waals surface area contributed by atoms with Crippen LogP contribution in [0.15, 0.2) is 24.3 Å². The first-order chi connectivity index (χ1) is 8.66. The third-order valence-corrected chi connectivity index (χ3v) is 3.17. The van der Waals surface area contributed by atoms with Crippen molar-refractivity contribution >= 4 is 17.6 Å². The summed E-state index contributed by atoms with van der Waals surface area (Å²) < 4.78 is 0. The molecule has 0 saturated carbocycles. The van der Waals surface area contributed by atoms with Crippen molar-refractivity contribution in [3.05, 3.63) is 29.8 Å². The zero-order chi connectivity index (χ0) is 13.0. The maximum absolute atomic E-state index is 11.8. The van der Waals surface area contributed by atoms with E-state index in [-0.39, 0.29) is 12.3 Å². The van der Waals surface area contributed by atoms with E-state index in [9.17, 15) is 9.59 Å². The van der Waals surface area contributed by atoms with Gasteiger partial charge in [-0.15, -0.1) is 0 Å². The van der Waals surface area contributed by atoms with Crippen molar-refractivity contribution in [2.75, 3.05) is 11.4 Å². The van der Waals surface area contributed by atoms with Crippen molar-refractivity contribution in [2.45, 2.75) is 32.1 Å². The number of carbonyl (C=O) groups excluding carboxylic acids is 1. The number of carboxylic acid groups (broad SMARTS) is 1. The average molecular weight is 247 g/mol. The van der Waals surface area contributed by atoms with Gasteiger partial charge in [-0.2, -0.15) is 0 Å². The van der Waals surface area contributed by atoms with Crippen molar-refractivity contribution < 1.29 is 14.7 Å². The van der Waals surface area contributed by atoms with Gasteiger partial charge in [-0.3, -0.25) is 9.59 Å². The number of carbonyl (C=O) groups is 2. The second kappa shape index (κ2) is 5.67. The Labute approximate surface area is 106 Å². The van der Waals surface area contributed by atoms with E-state index in [1.807, 2.05) is 24.3 Å². The molecule has 4 heteroatoms. The summed E-state index contributed by atoms with van der Waals surface area (Å²) in [5.74, 6) is -0.633. The number of anilines is 1. The highest BCUT2D eigenvalue weighted by atomic mass is 16.4. The van der Waals surface area contributed by atoms with Crippen molar-refractivity contribution in [1.29, 1.82) is 0 Å². The minimum atomic E-state index is -0.797. The third kappa shape index (κ3) is 3.09. The summed E-state index contributed by atoms with van der Waals surface area (Å²) >= 11 is 0. The SMILES string of the molecule is O=C(O)CCc1cccc(N2CCCCC2=O)c1. The highest BCUT2D eigenvalue weighted by molar-refractivity contribution is 5.94. The van der Waals surface area contributed by atoms with Gasteiger partial charge < -0.3 is 10.0 Å². The maximum Gasteiger partial charge on any atom is 0.303 e. The van der Waals surface area contributed by atoms with Gasteiger partial charge in [0.1, 0.15) is 0 Å². The average Bonchev–Trinajstić information content (AvgIpc) is 2.37. The predicted octanol–water partition coefficient (Wildman–Crippen LogP) is 2.22. The standard InChI is InChI=1S/C14H17NO3/c16-13-6-1-2-9-15(13)12-5-3-4-11(10-12)7-8-14(17)18/h3-5,10H,1-2,6-9H2,(H,17,18). The number of piperidine rings is 1. The Bertz CT molecular complexity index is 456. The molecule has 18 heavy (non-hydrogen) atoms. The van der Waals surface area contributed by atoms with E-state index in [2.05, 4.69) is 0 Å². The molecule has 1 aromatic rings. The van der Waals surface area contributed by atoms with E-state index < -0.39 is 5.97 Å². The van der Waals surface area contributed by atoms with Crippen LogP contribution in [0.2, 0.25) is 0 Å². The Kier molecular flexibility index (Phi) is 3.97. The lowest BCUT2D eigenvalue weighted by molar-refractivity contribution is -0.137. The highest BCUT2D eigenvalue weighted by Gasteiger charge is 2.19. The number of aryl methyl sites for hydroxylation is 1. The van der Waals surface area contributed by atoms with Gasteiger partial charge in [0.25, 0.3) is 0 Å². The number of nitrogens with zero attached hydrogens (tertiary/aromatic N) is 1. The normalized spacial score (nSPS) is 15.8. The monoisotopic (exact) mass is 247 g/mol. The second-order valence-corrected chi connectivity index (χ2v) is 4.57. The summed E-state index contributed by atoms with van der Waals surface area (Å²) in [5, 5.41) is 8.67. The Morgan fingerprint density at radius 2 is 2.17 bits per heavy atom. The maximum atomic E-state index is 11.8. The summed E-state index contributed by atoms with van der Waals surface area (Å²) in [5.41, 5.74) is 1.86. The van der Waals surface area contributed by atoms with Crippen LogP contribution >= 0.6 is 0 Å². The summed E-state index contributed by atoms with van der Waals surface area (Å²) in [6, 6.07) is 7.62. The fourth-order valence-electron chi connectivity index (χ4n) is 2.21. The number of carboxylic acids is 1. The summed E-state index contributed by atoms with van der Waals surface area (Å²) in [6.07, 6.45) is 3.24. The van der Waals surface area contributed by atoms with Gasteiger partial charge in [0, 0.05) is 25.1 Å². The van der Waals surface area contributed by atoms with E-state index in [4.69, 9.17) is 5.11 Å². The lowest BCUT2D eigenvalue weighted by Crippen LogP contribution is -2.35. The molecular formula is C14H17NO3. The molecule has 4 nitrogen and oxygen atoms in total. The van der Waals surface area contributed by atoms with Crippen LogP contribution in [-0.2, 0) is 16.0 Å². The van der Waals surface area contributed by atoms with E-state index in [0.717, 1.165) is 30.6 Å². The molecule has 1 saturated heterocycles. The minimum Gasteiger partial charge on any atom is -0.481 e. The van der Waals surface area contributed by atoms with Gasteiger partial charge in [-0.05, 0) is 37.0 Å². The van der Waals surface area contributed by atoms with Crippen molar-refractivity contribution in [3.8, 4) is 0 Å². The van der Waals surface area contributed by atoms with E-state index in [1.165, 1.54) is 0 Å². The van der Waals surface area contributed by atoms with Crippen LogP contribution in [0.1, 0.15) is 31.2 Å². The Morgan fingerprint density at radius 1 is 1.33 bits per heavy atom. The topological polar surface area (TPSA) is 57.6 Å². The molecule has 1 aliphatic heterocycles. The van der Waals surface area contributed by atoms with Gasteiger partial charge in [-0.1, -0.05) is 12.1 Å². The van der Waals surface area contributed by atoms with Crippen LogP contribution in [0.4, 0.5) is 5.69 Å². The molecule has 0 atom stereocenters. The fraction of sp³-hybridized carbons (Fsp3) is 0.429. The lowest BCUT2D eigenvalue weighted by Gasteiger charge is -2.27. The molecule has 0 spiro atoms. The molecule has 2 rings (SSSR count). The van der Waals surface area contributed by atoms with Gasteiger partial charge >= 0.3 is 5.97 Å². The summed E-state index contributed by atoms with van der Waals surface area (Å²) in [6.45, 7) is 0.765. The molecule has 0 radical (unpaired) electrons. The molecule has 96 valence electrons. The van der Waals surface area contributed by atoms with E-state index in [1.54, 1.807) is 4.90 Å². The number of amides is 1. The number of aliphatic carboxylic acids is 1. The van der Waals surface area contributed by atoms with Crippen LogP contribution in [0, 0.1) is 0 Å². The first-order valence-electron chi connectivity index (χ1n) is 6.28. The fourth-order valence-corrected chi connectivity index (χ4v) is 2.21. The number of rotatable bonds is 4. The van der Waals surface area contributed by atoms with E-state index in [0.29, 0.717) is 12.8 Å². The lowest BCUT2D eigenvalue weighted by atomic mass is 10.1. The first kappa shape index (κ1) is 12.6. The van der Waals surface area contributed by atoms with Gasteiger partial charge in [0.15, 0.2) is 0 Å². The zero-order valence-electron chi connectivity index (χ0n) is 10.3. The minimum absolute atomic E-state index is 0.122. The van der Waals surface area contributed by atoms with Gasteiger partial charge in [0.2, 0.25) is 5.91 Å². The Hall–Kier alpha value is -1.84. The van der Waals surface area contributed by atoms with Crippen LogP contribution in [0.25, 0.3) is 0 Å². The second-order valence-electron chi connectivity index (χ2n) is 4.57.